The number of phenolic OH excluding ortho intramolecular Hbond substituents is 1. The normalized spacial score (nSPS) is 11.1. The molecule has 0 unspecified atom stereocenters. The number of aromatic hydroxyl groups is 1. The maximum atomic E-state index is 13.0. The van der Waals surface area contributed by atoms with Gasteiger partial charge in [0.15, 0.2) is 5.75 Å². The van der Waals surface area contributed by atoms with Crippen molar-refractivity contribution in [2.24, 2.45) is 0 Å². The first-order valence-electron chi connectivity index (χ1n) is 5.09. The lowest BCUT2D eigenvalue weighted by atomic mass is 10.3. The van der Waals surface area contributed by atoms with Crippen LogP contribution in [0.5, 0.6) is 5.75 Å². The van der Waals surface area contributed by atoms with Crippen LogP contribution in [0.4, 0.5) is 10.1 Å². The van der Waals surface area contributed by atoms with Gasteiger partial charge in [-0.25, -0.2) is 12.8 Å². The van der Waals surface area contributed by atoms with Crippen LogP contribution in [0.3, 0.4) is 0 Å². The minimum absolute atomic E-state index is 0.0436. The molecule has 9 heteroatoms. The predicted octanol–water partition coefficient (Wildman–Crippen LogP) is 1.49. The van der Waals surface area contributed by atoms with E-state index in [2.05, 4.69) is 4.74 Å². The van der Waals surface area contributed by atoms with E-state index in [-0.39, 0.29) is 17.3 Å². The van der Waals surface area contributed by atoms with Gasteiger partial charge in [0.2, 0.25) is 10.0 Å². The van der Waals surface area contributed by atoms with Gasteiger partial charge in [0, 0.05) is 6.07 Å². The molecular weight excluding hydrogens is 301 g/mol. The molecule has 1 rings (SSSR count). The molecule has 0 atom stereocenters. The molecule has 0 fully saturated rings. The summed E-state index contributed by atoms with van der Waals surface area (Å²) in [7, 11) is -4.07. The first-order chi connectivity index (χ1) is 8.75. The van der Waals surface area contributed by atoms with E-state index in [4.69, 9.17) is 11.6 Å². The summed E-state index contributed by atoms with van der Waals surface area (Å²) in [5.41, 5.74) is -0.323. The van der Waals surface area contributed by atoms with Crippen molar-refractivity contribution in [3.05, 3.63) is 23.0 Å². The zero-order valence-electron chi connectivity index (χ0n) is 9.81. The van der Waals surface area contributed by atoms with E-state index in [0.29, 0.717) is 6.07 Å². The van der Waals surface area contributed by atoms with Crippen molar-refractivity contribution in [3.8, 4) is 5.75 Å². The van der Waals surface area contributed by atoms with E-state index < -0.39 is 33.3 Å². The van der Waals surface area contributed by atoms with Crippen LogP contribution in [-0.4, -0.2) is 31.9 Å². The van der Waals surface area contributed by atoms with Crippen molar-refractivity contribution in [1.82, 2.24) is 0 Å². The van der Waals surface area contributed by atoms with Crippen LogP contribution in [0.15, 0.2) is 12.1 Å². The lowest BCUT2D eigenvalue weighted by Crippen LogP contribution is -2.24. The molecule has 0 saturated heterocycles. The van der Waals surface area contributed by atoms with Crippen molar-refractivity contribution in [3.63, 3.8) is 0 Å². The summed E-state index contributed by atoms with van der Waals surface area (Å²) in [6, 6.07) is 1.56. The first kappa shape index (κ1) is 15.5. The fraction of sp³-hybridized carbons (Fsp3) is 0.300. The molecule has 0 aliphatic carbocycles. The molecule has 6 nitrogen and oxygen atoms in total. The van der Waals surface area contributed by atoms with Gasteiger partial charge in [0.1, 0.15) is 11.6 Å². The van der Waals surface area contributed by atoms with Gasteiger partial charge in [0.25, 0.3) is 0 Å². The summed E-state index contributed by atoms with van der Waals surface area (Å²) >= 11 is 5.46. The molecule has 0 aromatic heterocycles. The molecule has 0 bridgehead atoms. The standard InChI is InChI=1S/C10H11ClFNO5S/c1-2-18-10(15)5-19(16,17)13-8-3-6(11)7(12)4-9(8)14/h3-4,13-14H,2,5H2,1H3. The molecule has 0 saturated carbocycles. The van der Waals surface area contributed by atoms with Crippen LogP contribution in [0, 0.1) is 5.82 Å². The highest BCUT2D eigenvalue weighted by Crippen LogP contribution is 2.30. The predicted molar refractivity (Wildman–Crippen MR) is 67.1 cm³/mol. The number of halogens is 2. The van der Waals surface area contributed by atoms with E-state index in [1.54, 1.807) is 0 Å². The Kier molecular flexibility index (Phi) is 4.96. The number of carbonyl (C=O) groups excluding carboxylic acids is 1. The number of anilines is 1. The highest BCUT2D eigenvalue weighted by atomic mass is 35.5. The molecule has 1 aromatic rings. The van der Waals surface area contributed by atoms with Crippen molar-refractivity contribution in [2.75, 3.05) is 17.1 Å². The summed E-state index contributed by atoms with van der Waals surface area (Å²) in [6.07, 6.45) is 0. The Hall–Kier alpha value is -1.54. The molecule has 106 valence electrons. The number of nitrogens with one attached hydrogen (secondary N) is 1. The fourth-order valence-electron chi connectivity index (χ4n) is 1.18. The summed E-state index contributed by atoms with van der Waals surface area (Å²) in [5, 5.41) is 9.01. The Labute approximate surface area is 114 Å². The van der Waals surface area contributed by atoms with Gasteiger partial charge >= 0.3 is 5.97 Å². The molecular formula is C10H11ClFNO5S. The second-order valence-corrected chi connectivity index (χ2v) is 5.58. The molecule has 0 amide bonds. The number of hydrogen-bond acceptors (Lipinski definition) is 5. The van der Waals surface area contributed by atoms with Crippen molar-refractivity contribution >= 4 is 33.3 Å². The molecule has 1 aromatic carbocycles. The van der Waals surface area contributed by atoms with Gasteiger partial charge in [0.05, 0.1) is 17.3 Å². The number of phenols is 1. The van der Waals surface area contributed by atoms with Gasteiger partial charge in [-0.05, 0) is 13.0 Å². The highest BCUT2D eigenvalue weighted by Gasteiger charge is 2.19. The Bertz CT molecular complexity index is 590. The zero-order chi connectivity index (χ0) is 14.6. The minimum Gasteiger partial charge on any atom is -0.506 e. The number of rotatable bonds is 5. The summed E-state index contributed by atoms with van der Waals surface area (Å²) < 4.78 is 42.5. The summed E-state index contributed by atoms with van der Waals surface area (Å²) in [4.78, 5) is 11.1. The smallest absolute Gasteiger partial charge is 0.323 e. The summed E-state index contributed by atoms with van der Waals surface area (Å²) in [6.45, 7) is 1.57. The average molecular weight is 312 g/mol. The Balaban J connectivity index is 2.90. The van der Waals surface area contributed by atoms with Gasteiger partial charge in [-0.3, -0.25) is 9.52 Å². The van der Waals surface area contributed by atoms with Crippen LogP contribution in [0.1, 0.15) is 6.92 Å². The lowest BCUT2D eigenvalue weighted by Gasteiger charge is -2.09. The van der Waals surface area contributed by atoms with E-state index in [9.17, 15) is 22.7 Å². The van der Waals surface area contributed by atoms with E-state index in [0.717, 1.165) is 6.07 Å². The quantitative estimate of drug-likeness (QED) is 0.635. The van der Waals surface area contributed by atoms with E-state index >= 15 is 0 Å². The number of ether oxygens (including phenoxy) is 1. The maximum Gasteiger partial charge on any atom is 0.323 e. The van der Waals surface area contributed by atoms with E-state index in [1.165, 1.54) is 6.92 Å². The first-order valence-corrected chi connectivity index (χ1v) is 7.12. The third-order valence-corrected chi connectivity index (χ3v) is 3.35. The third kappa shape index (κ3) is 4.56. The monoisotopic (exact) mass is 311 g/mol. The molecule has 0 heterocycles. The molecule has 2 N–H and O–H groups in total. The van der Waals surface area contributed by atoms with Crippen LogP contribution >= 0.6 is 11.6 Å². The number of carbonyl (C=O) groups is 1. The van der Waals surface area contributed by atoms with Crippen LogP contribution in [-0.2, 0) is 19.6 Å². The number of esters is 1. The largest absolute Gasteiger partial charge is 0.506 e. The van der Waals surface area contributed by atoms with Crippen LogP contribution in [0.25, 0.3) is 0 Å². The van der Waals surface area contributed by atoms with Gasteiger partial charge < -0.3 is 9.84 Å². The van der Waals surface area contributed by atoms with Crippen molar-refractivity contribution < 1.29 is 27.4 Å². The van der Waals surface area contributed by atoms with Gasteiger partial charge in [-0.1, -0.05) is 11.6 Å². The van der Waals surface area contributed by atoms with Gasteiger partial charge in [-0.2, -0.15) is 0 Å². The van der Waals surface area contributed by atoms with Crippen molar-refractivity contribution in [1.29, 1.82) is 0 Å². The maximum absolute atomic E-state index is 13.0. The van der Waals surface area contributed by atoms with Gasteiger partial charge in [-0.15, -0.1) is 0 Å². The second kappa shape index (κ2) is 6.07. The Morgan fingerprint density at radius 2 is 2.16 bits per heavy atom. The molecule has 0 aliphatic rings. The zero-order valence-corrected chi connectivity index (χ0v) is 11.4. The lowest BCUT2D eigenvalue weighted by molar-refractivity contribution is -0.139. The van der Waals surface area contributed by atoms with Crippen LogP contribution in [0.2, 0.25) is 5.02 Å². The van der Waals surface area contributed by atoms with Crippen molar-refractivity contribution in [2.45, 2.75) is 6.92 Å². The summed E-state index contributed by atoms with van der Waals surface area (Å²) in [5.74, 6) is -3.40. The Morgan fingerprint density at radius 3 is 2.74 bits per heavy atom. The average Bonchev–Trinajstić information content (AvgIpc) is 2.24. The third-order valence-electron chi connectivity index (χ3n) is 1.92. The number of sulfonamides is 1. The van der Waals surface area contributed by atoms with Crippen LogP contribution < -0.4 is 4.72 Å². The topological polar surface area (TPSA) is 92.7 Å². The second-order valence-electron chi connectivity index (χ2n) is 3.45. The highest BCUT2D eigenvalue weighted by molar-refractivity contribution is 7.93. The minimum atomic E-state index is -4.07. The SMILES string of the molecule is CCOC(=O)CS(=O)(=O)Nc1cc(Cl)c(F)cc1O. The molecule has 19 heavy (non-hydrogen) atoms. The molecule has 0 aliphatic heterocycles. The fourth-order valence-corrected chi connectivity index (χ4v) is 2.31. The number of hydrogen-bond donors (Lipinski definition) is 2. The molecule has 0 radical (unpaired) electrons. The van der Waals surface area contributed by atoms with E-state index in [1.807, 2.05) is 4.72 Å². The molecule has 0 spiro atoms. The Morgan fingerprint density at radius 1 is 1.53 bits per heavy atom. The number of benzene rings is 1.